The highest BCUT2D eigenvalue weighted by molar-refractivity contribution is 5.96. The van der Waals surface area contributed by atoms with Gasteiger partial charge in [-0.1, -0.05) is 13.8 Å². The average Bonchev–Trinajstić information content (AvgIpc) is 2.92. The number of amides is 1. The first-order chi connectivity index (χ1) is 9.63. The Morgan fingerprint density at radius 2 is 1.95 bits per heavy atom. The lowest BCUT2D eigenvalue weighted by atomic mass is 10.0. The zero-order valence-electron chi connectivity index (χ0n) is 12.3. The number of benzene rings is 1. The summed E-state index contributed by atoms with van der Waals surface area (Å²) < 4.78 is 0. The van der Waals surface area contributed by atoms with Crippen molar-refractivity contribution >= 4 is 23.2 Å². The molecule has 0 atom stereocenters. The lowest BCUT2D eigenvalue weighted by Crippen LogP contribution is -2.26. The molecular weight excluding hydrogens is 252 g/mol. The number of rotatable bonds is 4. The number of carbonyl (C=O) groups excluding carboxylic acids is 1. The Morgan fingerprint density at radius 1 is 1.30 bits per heavy atom. The molecule has 1 aliphatic heterocycles. The van der Waals surface area contributed by atoms with Crippen LogP contribution in [-0.2, 0) is 17.6 Å². The van der Waals surface area contributed by atoms with Crippen molar-refractivity contribution in [1.29, 1.82) is 0 Å². The van der Waals surface area contributed by atoms with Gasteiger partial charge >= 0.3 is 0 Å². The van der Waals surface area contributed by atoms with E-state index in [-0.39, 0.29) is 5.91 Å². The maximum Gasteiger partial charge on any atom is 0.221 e. The number of aliphatic imine (C=N–C) groups is 1. The van der Waals surface area contributed by atoms with E-state index in [9.17, 15) is 4.79 Å². The predicted molar refractivity (Wildman–Crippen MR) is 83.4 cm³/mol. The van der Waals surface area contributed by atoms with Crippen LogP contribution in [0, 0.1) is 0 Å². The molecule has 0 aliphatic carbocycles. The minimum Gasteiger partial charge on any atom is -0.354 e. The fourth-order valence-corrected chi connectivity index (χ4v) is 2.35. The highest BCUT2D eigenvalue weighted by Crippen LogP contribution is 2.27. The number of nitrogens with one attached hydrogen (secondary N) is 3. The van der Waals surface area contributed by atoms with E-state index >= 15 is 0 Å². The molecule has 5 heteroatoms. The first-order valence-corrected chi connectivity index (χ1v) is 7.12. The Labute approximate surface area is 119 Å². The van der Waals surface area contributed by atoms with E-state index < -0.39 is 0 Å². The zero-order valence-corrected chi connectivity index (χ0v) is 12.3. The summed E-state index contributed by atoms with van der Waals surface area (Å²) in [6, 6.07) is 4.15. The molecule has 2 rings (SSSR count). The molecule has 0 fully saturated rings. The van der Waals surface area contributed by atoms with Crippen LogP contribution in [0.1, 0.15) is 31.9 Å². The fourth-order valence-electron chi connectivity index (χ4n) is 2.35. The van der Waals surface area contributed by atoms with Gasteiger partial charge in [-0.2, -0.15) is 0 Å². The molecule has 5 nitrogen and oxygen atoms in total. The van der Waals surface area contributed by atoms with Crippen molar-refractivity contribution in [2.24, 2.45) is 4.99 Å². The van der Waals surface area contributed by atoms with Gasteiger partial charge in [0, 0.05) is 24.8 Å². The van der Waals surface area contributed by atoms with Crippen LogP contribution >= 0.6 is 0 Å². The molecule has 0 saturated heterocycles. The summed E-state index contributed by atoms with van der Waals surface area (Å²) in [6.45, 7) is 7.42. The molecule has 20 heavy (non-hydrogen) atoms. The first-order valence-electron chi connectivity index (χ1n) is 7.12. The second kappa shape index (κ2) is 6.41. The predicted octanol–water partition coefficient (Wildman–Crippen LogP) is 2.14. The van der Waals surface area contributed by atoms with E-state index in [0.717, 1.165) is 54.4 Å². The van der Waals surface area contributed by atoms with Crippen molar-refractivity contribution in [2.75, 3.05) is 23.7 Å². The topological polar surface area (TPSA) is 65.5 Å². The molecule has 0 saturated carbocycles. The van der Waals surface area contributed by atoms with Crippen molar-refractivity contribution in [1.82, 2.24) is 5.32 Å². The third-order valence-corrected chi connectivity index (χ3v) is 3.30. The number of hydrogen-bond acceptors (Lipinski definition) is 4. The van der Waals surface area contributed by atoms with Crippen LogP contribution in [0.15, 0.2) is 17.1 Å². The molecule has 0 unspecified atom stereocenters. The van der Waals surface area contributed by atoms with Crippen molar-refractivity contribution in [3.05, 3.63) is 23.3 Å². The van der Waals surface area contributed by atoms with E-state index in [0.29, 0.717) is 0 Å². The largest absolute Gasteiger partial charge is 0.354 e. The summed E-state index contributed by atoms with van der Waals surface area (Å²) in [5.41, 5.74) is 4.25. The van der Waals surface area contributed by atoms with E-state index in [1.165, 1.54) is 0 Å². The van der Waals surface area contributed by atoms with E-state index in [2.05, 4.69) is 46.9 Å². The smallest absolute Gasteiger partial charge is 0.221 e. The van der Waals surface area contributed by atoms with Crippen LogP contribution in [0.25, 0.3) is 0 Å². The molecule has 3 N–H and O–H groups in total. The van der Waals surface area contributed by atoms with Crippen LogP contribution in [0.2, 0.25) is 0 Å². The summed E-state index contributed by atoms with van der Waals surface area (Å²) in [6.07, 6.45) is 1.75. The molecule has 108 valence electrons. The third kappa shape index (κ3) is 3.29. The van der Waals surface area contributed by atoms with Gasteiger partial charge in [-0.15, -0.1) is 0 Å². The summed E-state index contributed by atoms with van der Waals surface area (Å²) in [5, 5.41) is 9.45. The second-order valence-electron chi connectivity index (χ2n) is 4.84. The van der Waals surface area contributed by atoms with Crippen molar-refractivity contribution in [2.45, 2.75) is 33.6 Å². The highest BCUT2D eigenvalue weighted by atomic mass is 16.1. The molecule has 0 spiro atoms. The van der Waals surface area contributed by atoms with E-state index in [4.69, 9.17) is 0 Å². The molecule has 1 aliphatic rings. The third-order valence-electron chi connectivity index (χ3n) is 3.30. The monoisotopic (exact) mass is 274 g/mol. The van der Waals surface area contributed by atoms with E-state index in [1.807, 2.05) is 0 Å². The van der Waals surface area contributed by atoms with E-state index in [1.54, 1.807) is 6.92 Å². The van der Waals surface area contributed by atoms with Crippen molar-refractivity contribution in [3.8, 4) is 0 Å². The Kier molecular flexibility index (Phi) is 4.61. The molecule has 1 amide bonds. The molecule has 0 aromatic heterocycles. The Morgan fingerprint density at radius 3 is 2.40 bits per heavy atom. The number of nitrogens with zero attached hydrogens (tertiary/aromatic N) is 1. The fraction of sp³-hybridized carbons (Fsp3) is 0.467. The maximum atomic E-state index is 11.4. The lowest BCUT2D eigenvalue weighted by molar-refractivity contribution is -0.114. The molecule has 1 aromatic carbocycles. The van der Waals surface area contributed by atoms with Gasteiger partial charge in [-0.25, -0.2) is 0 Å². The molecule has 0 bridgehead atoms. The highest BCUT2D eigenvalue weighted by Gasteiger charge is 2.12. The summed E-state index contributed by atoms with van der Waals surface area (Å²) in [7, 11) is 0. The maximum absolute atomic E-state index is 11.4. The van der Waals surface area contributed by atoms with Gasteiger partial charge in [-0.3, -0.25) is 9.79 Å². The minimum atomic E-state index is -0.0306. The summed E-state index contributed by atoms with van der Waals surface area (Å²) >= 11 is 0. The molecule has 1 aromatic rings. The molecule has 0 radical (unpaired) electrons. The van der Waals surface area contributed by atoms with Gasteiger partial charge in [0.2, 0.25) is 5.91 Å². The quantitative estimate of drug-likeness (QED) is 0.788. The standard InChI is InChI=1S/C15H22N4O/c1-4-11-8-13(19-15-16-6-7-17-15)9-12(5-2)14(11)18-10(3)20/h8-9H,4-7H2,1-3H3,(H,18,20)(H2,16,17,19). The lowest BCUT2D eigenvalue weighted by Gasteiger charge is -2.17. The van der Waals surface area contributed by atoms with Gasteiger partial charge in [0.05, 0.1) is 6.54 Å². The number of guanidine groups is 1. The normalized spacial score (nSPS) is 13.7. The van der Waals surface area contributed by atoms with Gasteiger partial charge in [0.1, 0.15) is 0 Å². The minimum absolute atomic E-state index is 0.0306. The number of aryl methyl sites for hydroxylation is 2. The van der Waals surface area contributed by atoms with Crippen LogP contribution in [-0.4, -0.2) is 25.0 Å². The summed E-state index contributed by atoms with van der Waals surface area (Å²) in [5.74, 6) is 0.790. The van der Waals surface area contributed by atoms with Crippen molar-refractivity contribution < 1.29 is 4.79 Å². The van der Waals surface area contributed by atoms with Crippen LogP contribution in [0.5, 0.6) is 0 Å². The Hall–Kier alpha value is -2.04. The van der Waals surface area contributed by atoms with Gasteiger partial charge in [0.15, 0.2) is 5.96 Å². The van der Waals surface area contributed by atoms with Crippen LogP contribution < -0.4 is 16.0 Å². The molecular formula is C15H22N4O. The van der Waals surface area contributed by atoms with Gasteiger partial charge < -0.3 is 16.0 Å². The Bertz CT molecular complexity index is 512. The zero-order chi connectivity index (χ0) is 14.5. The molecule has 1 heterocycles. The second-order valence-corrected chi connectivity index (χ2v) is 4.84. The first kappa shape index (κ1) is 14.4. The number of carbonyl (C=O) groups is 1. The Balaban J connectivity index is 2.32. The number of anilines is 2. The SMILES string of the molecule is CCc1cc(NC2=NCCN2)cc(CC)c1NC(C)=O. The van der Waals surface area contributed by atoms with Crippen LogP contribution in [0.4, 0.5) is 11.4 Å². The van der Waals surface area contributed by atoms with Gasteiger partial charge in [0.25, 0.3) is 0 Å². The summed E-state index contributed by atoms with van der Waals surface area (Å²) in [4.78, 5) is 15.7. The average molecular weight is 274 g/mol. The van der Waals surface area contributed by atoms with Crippen molar-refractivity contribution in [3.63, 3.8) is 0 Å². The van der Waals surface area contributed by atoms with Gasteiger partial charge in [-0.05, 0) is 36.1 Å². The van der Waals surface area contributed by atoms with Crippen LogP contribution in [0.3, 0.4) is 0 Å². The number of hydrogen-bond donors (Lipinski definition) is 3.